The van der Waals surface area contributed by atoms with E-state index in [9.17, 15) is 14.0 Å². The Kier molecular flexibility index (Phi) is 8.94. The lowest BCUT2D eigenvalue weighted by Gasteiger charge is -2.35. The van der Waals surface area contributed by atoms with Crippen molar-refractivity contribution < 1.29 is 23.8 Å². The van der Waals surface area contributed by atoms with Crippen LogP contribution < -0.4 is 10.6 Å². The van der Waals surface area contributed by atoms with Gasteiger partial charge in [-0.25, -0.2) is 4.39 Å². The summed E-state index contributed by atoms with van der Waals surface area (Å²) in [5.41, 5.74) is 0.655. The molecule has 30 heavy (non-hydrogen) atoms. The number of hydrogen-bond acceptors (Lipinski definition) is 7. The van der Waals surface area contributed by atoms with E-state index in [1.165, 1.54) is 23.5 Å². The number of morpholine rings is 1. The third-order valence-electron chi connectivity index (χ3n) is 4.84. The molecule has 3 aliphatic rings. The number of amides is 1. The van der Waals surface area contributed by atoms with E-state index in [0.29, 0.717) is 38.4 Å². The number of nitrogens with one attached hydrogen (secondary N) is 2. The number of nitrogens with zero attached hydrogens (tertiary/aromatic N) is 1. The number of carbonyl (C=O) groups excluding carboxylic acids is 1. The number of aliphatic carboxylic acids is 1. The zero-order valence-electron chi connectivity index (χ0n) is 16.3. The van der Waals surface area contributed by atoms with Gasteiger partial charge in [-0.15, -0.1) is 11.8 Å². The van der Waals surface area contributed by atoms with E-state index in [0.717, 1.165) is 6.54 Å². The van der Waals surface area contributed by atoms with Crippen LogP contribution >= 0.6 is 35.1 Å². The SMILES string of the molecule is O=C(O)CC1=CSC(SCC(=O)NC[C@H]2CN(CC3CC=CC(Cl)=C3F)CCO2)N1. The van der Waals surface area contributed by atoms with Crippen LogP contribution in [0.15, 0.2) is 34.1 Å². The molecule has 1 saturated heterocycles. The Morgan fingerprint density at radius 1 is 1.50 bits per heavy atom. The maximum atomic E-state index is 14.2. The fraction of sp³-hybridized carbons (Fsp3) is 0.579. The maximum absolute atomic E-state index is 14.2. The Morgan fingerprint density at radius 2 is 2.33 bits per heavy atom. The summed E-state index contributed by atoms with van der Waals surface area (Å²) in [4.78, 5) is 25.0. The Bertz CT molecular complexity index is 749. The summed E-state index contributed by atoms with van der Waals surface area (Å²) < 4.78 is 19.9. The second kappa shape index (κ2) is 11.4. The summed E-state index contributed by atoms with van der Waals surface area (Å²) in [5, 5.41) is 16.7. The highest BCUT2D eigenvalue weighted by Gasteiger charge is 2.27. The van der Waals surface area contributed by atoms with Gasteiger partial charge in [0.05, 0.1) is 29.9 Å². The monoisotopic (exact) mass is 477 g/mol. The minimum absolute atomic E-state index is 0.0468. The summed E-state index contributed by atoms with van der Waals surface area (Å²) >= 11 is 8.77. The molecule has 0 aromatic carbocycles. The van der Waals surface area contributed by atoms with Crippen molar-refractivity contribution in [2.45, 2.75) is 23.7 Å². The van der Waals surface area contributed by atoms with E-state index in [4.69, 9.17) is 21.4 Å². The smallest absolute Gasteiger partial charge is 0.309 e. The standard InChI is InChI=1S/C19H25ClFN3O4S2/c20-15-3-1-2-12(18(15)21)8-24-4-5-28-14(9-24)7-22-16(25)11-30-19-23-13(10-29-19)6-17(26)27/h1,3,10,12,14,19,23H,2,4-9,11H2,(H,22,25)(H,26,27)/t12?,14-,19?/m0/s1. The van der Waals surface area contributed by atoms with E-state index in [1.54, 1.807) is 11.5 Å². The van der Waals surface area contributed by atoms with Gasteiger partial charge in [-0.05, 0) is 17.9 Å². The minimum atomic E-state index is -0.888. The first-order valence-electron chi connectivity index (χ1n) is 9.67. The van der Waals surface area contributed by atoms with Crippen molar-refractivity contribution >= 4 is 47.0 Å². The first kappa shape index (κ1) is 23.5. The number of hydrogen-bond donors (Lipinski definition) is 3. The van der Waals surface area contributed by atoms with Gasteiger partial charge in [0.25, 0.3) is 0 Å². The zero-order valence-corrected chi connectivity index (χ0v) is 18.7. The summed E-state index contributed by atoms with van der Waals surface area (Å²) in [6.45, 7) is 2.86. The Morgan fingerprint density at radius 3 is 3.13 bits per heavy atom. The van der Waals surface area contributed by atoms with Crippen LogP contribution in [0.2, 0.25) is 0 Å². The number of rotatable bonds is 9. The highest BCUT2D eigenvalue weighted by atomic mass is 35.5. The molecular weight excluding hydrogens is 453 g/mol. The first-order chi connectivity index (χ1) is 14.4. The van der Waals surface area contributed by atoms with Gasteiger partial charge in [0.1, 0.15) is 10.5 Å². The van der Waals surface area contributed by atoms with Crippen LogP contribution in [0.25, 0.3) is 0 Å². The molecule has 0 bridgehead atoms. The van der Waals surface area contributed by atoms with Crippen molar-refractivity contribution in [3.63, 3.8) is 0 Å². The number of allylic oxidation sites excluding steroid dienone is 3. The molecule has 0 spiro atoms. The largest absolute Gasteiger partial charge is 0.481 e. The minimum Gasteiger partial charge on any atom is -0.481 e. The number of thioether (sulfide) groups is 2. The Balaban J connectivity index is 1.33. The highest BCUT2D eigenvalue weighted by Crippen LogP contribution is 2.31. The van der Waals surface area contributed by atoms with Crippen LogP contribution in [0.3, 0.4) is 0 Å². The van der Waals surface area contributed by atoms with Crippen LogP contribution in [-0.2, 0) is 14.3 Å². The molecule has 0 aromatic rings. The predicted octanol–water partition coefficient (Wildman–Crippen LogP) is 2.47. The van der Waals surface area contributed by atoms with Gasteiger partial charge in [0, 0.05) is 37.8 Å². The lowest BCUT2D eigenvalue weighted by Crippen LogP contribution is -2.49. The van der Waals surface area contributed by atoms with Crippen molar-refractivity contribution in [3.05, 3.63) is 34.1 Å². The second-order valence-electron chi connectivity index (χ2n) is 7.22. The van der Waals surface area contributed by atoms with Crippen molar-refractivity contribution in [2.75, 3.05) is 38.5 Å². The molecule has 0 aromatic heterocycles. The average molecular weight is 478 g/mol. The molecule has 2 heterocycles. The molecule has 0 saturated carbocycles. The average Bonchev–Trinajstić information content (AvgIpc) is 3.15. The summed E-state index contributed by atoms with van der Waals surface area (Å²) in [6.07, 6.45) is 3.94. The van der Waals surface area contributed by atoms with Crippen LogP contribution in [-0.4, -0.2) is 71.2 Å². The van der Waals surface area contributed by atoms with Crippen LogP contribution in [0.1, 0.15) is 12.8 Å². The Hall–Kier alpha value is -1.20. The van der Waals surface area contributed by atoms with Crippen LogP contribution in [0, 0.1) is 5.92 Å². The van der Waals surface area contributed by atoms with Crippen molar-refractivity contribution in [3.8, 4) is 0 Å². The number of carbonyl (C=O) groups is 2. The molecule has 3 N–H and O–H groups in total. The molecule has 2 unspecified atom stereocenters. The summed E-state index contributed by atoms with van der Waals surface area (Å²) in [6, 6.07) is 0. The summed E-state index contributed by atoms with van der Waals surface area (Å²) in [7, 11) is 0. The molecule has 1 aliphatic carbocycles. The molecule has 3 atom stereocenters. The molecule has 7 nitrogen and oxygen atoms in total. The van der Waals surface area contributed by atoms with Gasteiger partial charge in [-0.2, -0.15) is 0 Å². The predicted molar refractivity (Wildman–Crippen MR) is 118 cm³/mol. The van der Waals surface area contributed by atoms with Gasteiger partial charge < -0.3 is 20.5 Å². The summed E-state index contributed by atoms with van der Waals surface area (Å²) in [5.74, 6) is -1.22. The molecule has 0 radical (unpaired) electrons. The van der Waals surface area contributed by atoms with Crippen molar-refractivity contribution in [1.82, 2.24) is 15.5 Å². The third kappa shape index (κ3) is 7.19. The number of carboxylic acids is 1. The second-order valence-corrected chi connectivity index (χ2v) is 10.0. The van der Waals surface area contributed by atoms with Gasteiger partial charge >= 0.3 is 5.97 Å². The first-order valence-corrected chi connectivity index (χ1v) is 12.0. The van der Waals surface area contributed by atoms with Crippen LogP contribution in [0.4, 0.5) is 4.39 Å². The highest BCUT2D eigenvalue weighted by molar-refractivity contribution is 8.18. The zero-order chi connectivity index (χ0) is 21.5. The van der Waals surface area contributed by atoms with E-state index in [1.807, 2.05) is 6.08 Å². The molecule has 11 heteroatoms. The van der Waals surface area contributed by atoms with E-state index in [2.05, 4.69) is 15.5 Å². The van der Waals surface area contributed by atoms with Crippen molar-refractivity contribution in [2.24, 2.45) is 5.92 Å². The molecule has 1 fully saturated rings. The molecular formula is C19H25ClFN3O4S2. The van der Waals surface area contributed by atoms with Crippen molar-refractivity contribution in [1.29, 1.82) is 0 Å². The van der Waals surface area contributed by atoms with E-state index >= 15 is 0 Å². The lowest BCUT2D eigenvalue weighted by molar-refractivity contribution is -0.136. The number of halogens is 2. The normalized spacial score (nSPS) is 27.0. The van der Waals surface area contributed by atoms with Crippen LogP contribution in [0.5, 0.6) is 0 Å². The Labute approximate surface area is 188 Å². The molecule has 2 aliphatic heterocycles. The topological polar surface area (TPSA) is 90.9 Å². The van der Waals surface area contributed by atoms with Gasteiger partial charge in [-0.3, -0.25) is 14.5 Å². The fourth-order valence-corrected chi connectivity index (χ4v) is 5.61. The van der Waals surface area contributed by atoms with Gasteiger partial charge in [0.2, 0.25) is 5.91 Å². The number of carboxylic acid groups (broad SMARTS) is 1. The quantitative estimate of drug-likeness (QED) is 0.466. The third-order valence-corrected chi connectivity index (χ3v) is 7.53. The fourth-order valence-electron chi connectivity index (χ4n) is 3.38. The van der Waals surface area contributed by atoms with E-state index < -0.39 is 5.97 Å². The molecule has 166 valence electrons. The molecule has 1 amide bonds. The number of ether oxygens (including phenoxy) is 1. The molecule has 3 rings (SSSR count). The van der Waals surface area contributed by atoms with E-state index in [-0.39, 0.29) is 45.7 Å². The van der Waals surface area contributed by atoms with Gasteiger partial charge in [-0.1, -0.05) is 29.4 Å². The van der Waals surface area contributed by atoms with Gasteiger partial charge in [0.15, 0.2) is 0 Å². The lowest BCUT2D eigenvalue weighted by atomic mass is 9.98. The maximum Gasteiger partial charge on any atom is 0.309 e.